The van der Waals surface area contributed by atoms with Gasteiger partial charge in [-0.05, 0) is 44.1 Å². The van der Waals surface area contributed by atoms with Crippen molar-refractivity contribution in [1.29, 1.82) is 0 Å². The summed E-state index contributed by atoms with van der Waals surface area (Å²) in [5.74, 6) is 2.40. The van der Waals surface area contributed by atoms with Gasteiger partial charge in [0.1, 0.15) is 0 Å². The topological polar surface area (TPSA) is 12.0 Å². The Balaban J connectivity index is 2.05. The monoisotopic (exact) mass is 217 g/mol. The average Bonchev–Trinajstić information content (AvgIpc) is 2.59. The van der Waals surface area contributed by atoms with Crippen LogP contribution in [-0.4, -0.2) is 18.5 Å². The van der Waals surface area contributed by atoms with E-state index in [2.05, 4.69) is 19.2 Å². The second-order valence-corrected chi connectivity index (χ2v) is 5.25. The minimum atomic E-state index is 0.708. The molecule has 0 spiro atoms. The predicted molar refractivity (Wildman–Crippen MR) is 63.9 cm³/mol. The molecule has 1 fully saturated rings. The Labute approximate surface area is 93.6 Å². The van der Waals surface area contributed by atoms with Crippen molar-refractivity contribution in [2.75, 3.05) is 12.4 Å². The minimum absolute atomic E-state index is 0.708. The number of hydrogen-bond acceptors (Lipinski definition) is 1. The first-order valence-corrected chi connectivity index (χ1v) is 6.57. The first kappa shape index (κ1) is 12.3. The van der Waals surface area contributed by atoms with Crippen LogP contribution in [0.2, 0.25) is 0 Å². The zero-order valence-electron chi connectivity index (χ0n) is 9.56. The van der Waals surface area contributed by atoms with Crippen LogP contribution in [0, 0.1) is 11.8 Å². The van der Waals surface area contributed by atoms with Gasteiger partial charge < -0.3 is 5.32 Å². The molecule has 0 saturated heterocycles. The molecule has 0 bridgehead atoms. The SMILES string of the molecule is CC(C)CCCNC1CCCC1CCl. The highest BCUT2D eigenvalue weighted by Crippen LogP contribution is 2.26. The highest BCUT2D eigenvalue weighted by molar-refractivity contribution is 6.18. The Morgan fingerprint density at radius 3 is 2.79 bits per heavy atom. The third-order valence-corrected chi connectivity index (χ3v) is 3.62. The molecule has 2 heteroatoms. The molecule has 1 rings (SSSR count). The molecule has 0 radical (unpaired) electrons. The van der Waals surface area contributed by atoms with Crippen molar-refractivity contribution in [2.45, 2.75) is 52.0 Å². The molecule has 0 aliphatic heterocycles. The summed E-state index contributed by atoms with van der Waals surface area (Å²) >= 11 is 5.93. The molecular weight excluding hydrogens is 194 g/mol. The van der Waals surface area contributed by atoms with Gasteiger partial charge in [-0.25, -0.2) is 0 Å². The van der Waals surface area contributed by atoms with Gasteiger partial charge in [0.05, 0.1) is 0 Å². The quantitative estimate of drug-likeness (QED) is 0.531. The van der Waals surface area contributed by atoms with Gasteiger partial charge in [0, 0.05) is 11.9 Å². The summed E-state index contributed by atoms with van der Waals surface area (Å²) in [5.41, 5.74) is 0. The molecule has 0 aromatic rings. The number of rotatable bonds is 6. The van der Waals surface area contributed by atoms with Crippen molar-refractivity contribution in [1.82, 2.24) is 5.32 Å². The van der Waals surface area contributed by atoms with E-state index < -0.39 is 0 Å². The average molecular weight is 218 g/mol. The fourth-order valence-electron chi connectivity index (χ4n) is 2.29. The van der Waals surface area contributed by atoms with Crippen LogP contribution in [-0.2, 0) is 0 Å². The summed E-state index contributed by atoms with van der Waals surface area (Å²) in [4.78, 5) is 0. The van der Waals surface area contributed by atoms with Crippen LogP contribution < -0.4 is 5.32 Å². The standard InChI is InChI=1S/C12H24ClN/c1-10(2)5-4-8-14-12-7-3-6-11(12)9-13/h10-12,14H,3-9H2,1-2H3. The molecular formula is C12H24ClN. The first-order chi connectivity index (χ1) is 6.74. The summed E-state index contributed by atoms with van der Waals surface area (Å²) < 4.78 is 0. The lowest BCUT2D eigenvalue weighted by Crippen LogP contribution is -2.33. The van der Waals surface area contributed by atoms with Crippen LogP contribution in [0.1, 0.15) is 46.0 Å². The molecule has 0 aromatic heterocycles. The van der Waals surface area contributed by atoms with Gasteiger partial charge in [0.15, 0.2) is 0 Å². The molecule has 1 N–H and O–H groups in total. The molecule has 2 atom stereocenters. The molecule has 1 aliphatic carbocycles. The summed E-state index contributed by atoms with van der Waals surface area (Å²) in [6.45, 7) is 5.75. The van der Waals surface area contributed by atoms with Crippen LogP contribution in [0.4, 0.5) is 0 Å². The van der Waals surface area contributed by atoms with Gasteiger partial charge in [0.2, 0.25) is 0 Å². The summed E-state index contributed by atoms with van der Waals surface area (Å²) in [6, 6.07) is 0.708. The van der Waals surface area contributed by atoms with E-state index in [1.54, 1.807) is 0 Å². The maximum atomic E-state index is 5.93. The zero-order valence-corrected chi connectivity index (χ0v) is 10.3. The van der Waals surface area contributed by atoms with Crippen LogP contribution in [0.3, 0.4) is 0 Å². The second-order valence-electron chi connectivity index (χ2n) is 4.94. The lowest BCUT2D eigenvalue weighted by molar-refractivity contribution is 0.415. The van der Waals surface area contributed by atoms with E-state index in [1.807, 2.05) is 0 Å². The van der Waals surface area contributed by atoms with E-state index in [0.717, 1.165) is 17.7 Å². The van der Waals surface area contributed by atoms with Gasteiger partial charge >= 0.3 is 0 Å². The third-order valence-electron chi connectivity index (χ3n) is 3.22. The van der Waals surface area contributed by atoms with Crippen molar-refractivity contribution in [3.05, 3.63) is 0 Å². The molecule has 0 aromatic carbocycles. The number of alkyl halides is 1. The maximum absolute atomic E-state index is 5.93. The van der Waals surface area contributed by atoms with Crippen molar-refractivity contribution in [3.63, 3.8) is 0 Å². The lowest BCUT2D eigenvalue weighted by Gasteiger charge is -2.19. The van der Waals surface area contributed by atoms with Gasteiger partial charge in [-0.3, -0.25) is 0 Å². The lowest BCUT2D eigenvalue weighted by atomic mass is 10.1. The van der Waals surface area contributed by atoms with E-state index in [0.29, 0.717) is 6.04 Å². The van der Waals surface area contributed by atoms with E-state index in [9.17, 15) is 0 Å². The summed E-state index contributed by atoms with van der Waals surface area (Å²) in [6.07, 6.45) is 6.66. The van der Waals surface area contributed by atoms with Gasteiger partial charge in [-0.1, -0.05) is 20.3 Å². The van der Waals surface area contributed by atoms with Gasteiger partial charge in [-0.2, -0.15) is 0 Å². The van der Waals surface area contributed by atoms with E-state index in [-0.39, 0.29) is 0 Å². The highest BCUT2D eigenvalue weighted by Gasteiger charge is 2.25. The Morgan fingerprint density at radius 1 is 1.36 bits per heavy atom. The van der Waals surface area contributed by atoms with Crippen LogP contribution in [0.15, 0.2) is 0 Å². The minimum Gasteiger partial charge on any atom is -0.314 e. The molecule has 2 unspecified atom stereocenters. The molecule has 84 valence electrons. The van der Waals surface area contributed by atoms with Gasteiger partial charge in [0.25, 0.3) is 0 Å². The Hall–Kier alpha value is 0.250. The second kappa shape index (κ2) is 6.68. The van der Waals surface area contributed by atoms with Crippen LogP contribution in [0.25, 0.3) is 0 Å². The maximum Gasteiger partial charge on any atom is 0.0266 e. The first-order valence-electron chi connectivity index (χ1n) is 6.03. The molecule has 1 aliphatic rings. The normalized spacial score (nSPS) is 27.4. The number of halogens is 1. The van der Waals surface area contributed by atoms with Gasteiger partial charge in [-0.15, -0.1) is 11.6 Å². The van der Waals surface area contributed by atoms with Crippen molar-refractivity contribution >= 4 is 11.6 Å². The number of nitrogens with one attached hydrogen (secondary N) is 1. The Morgan fingerprint density at radius 2 is 2.14 bits per heavy atom. The largest absolute Gasteiger partial charge is 0.314 e. The number of hydrogen-bond donors (Lipinski definition) is 1. The molecule has 0 heterocycles. The van der Waals surface area contributed by atoms with E-state index in [4.69, 9.17) is 11.6 Å². The molecule has 1 saturated carbocycles. The fraction of sp³-hybridized carbons (Fsp3) is 1.00. The van der Waals surface area contributed by atoms with Crippen LogP contribution in [0.5, 0.6) is 0 Å². The Kier molecular flexibility index (Phi) is 5.88. The molecule has 1 nitrogen and oxygen atoms in total. The third kappa shape index (κ3) is 4.18. The van der Waals surface area contributed by atoms with E-state index in [1.165, 1.54) is 38.6 Å². The fourth-order valence-corrected chi connectivity index (χ4v) is 2.66. The van der Waals surface area contributed by atoms with Crippen LogP contribution >= 0.6 is 11.6 Å². The highest BCUT2D eigenvalue weighted by atomic mass is 35.5. The van der Waals surface area contributed by atoms with Crippen molar-refractivity contribution in [3.8, 4) is 0 Å². The molecule has 14 heavy (non-hydrogen) atoms. The zero-order chi connectivity index (χ0) is 10.4. The Bertz CT molecular complexity index is 147. The molecule has 0 amide bonds. The van der Waals surface area contributed by atoms with E-state index >= 15 is 0 Å². The van der Waals surface area contributed by atoms with Crippen molar-refractivity contribution in [2.24, 2.45) is 11.8 Å². The predicted octanol–water partition coefficient (Wildman–Crippen LogP) is 3.42. The summed E-state index contributed by atoms with van der Waals surface area (Å²) in [7, 11) is 0. The summed E-state index contributed by atoms with van der Waals surface area (Å²) in [5, 5.41) is 3.65. The van der Waals surface area contributed by atoms with Crippen molar-refractivity contribution < 1.29 is 0 Å². The smallest absolute Gasteiger partial charge is 0.0266 e.